The normalized spacial score (nSPS) is 12.4. The molecule has 18 heavy (non-hydrogen) atoms. The summed E-state index contributed by atoms with van der Waals surface area (Å²) in [6, 6.07) is 15.0. The first-order valence-corrected chi connectivity index (χ1v) is 6.76. The molecule has 0 aliphatic rings. The Morgan fingerprint density at radius 1 is 1.11 bits per heavy atom. The van der Waals surface area contributed by atoms with Gasteiger partial charge in [0, 0.05) is 22.3 Å². The standard InChI is InChI=1S/C15H16FNS/c1-11-6-8-12(9-7-11)18-15(10-17)13-4-2-3-5-14(13)16/h2-9,15H,10,17H2,1H3. The summed E-state index contributed by atoms with van der Waals surface area (Å²) in [4.78, 5) is 1.11. The second-order valence-electron chi connectivity index (χ2n) is 4.18. The minimum absolute atomic E-state index is 0.0473. The van der Waals surface area contributed by atoms with Crippen molar-refractivity contribution < 1.29 is 4.39 Å². The lowest BCUT2D eigenvalue weighted by Gasteiger charge is -2.15. The predicted octanol–water partition coefficient (Wildman–Crippen LogP) is 3.93. The number of benzene rings is 2. The molecule has 0 heterocycles. The average molecular weight is 261 g/mol. The molecule has 0 aliphatic carbocycles. The third-order valence-electron chi connectivity index (χ3n) is 2.77. The zero-order chi connectivity index (χ0) is 13.0. The van der Waals surface area contributed by atoms with Crippen molar-refractivity contribution in [1.82, 2.24) is 0 Å². The molecule has 2 aromatic carbocycles. The van der Waals surface area contributed by atoms with Crippen LogP contribution in [0.1, 0.15) is 16.4 Å². The molecule has 2 N–H and O–H groups in total. The second kappa shape index (κ2) is 6.03. The third kappa shape index (κ3) is 3.12. The van der Waals surface area contributed by atoms with E-state index in [2.05, 4.69) is 12.1 Å². The number of nitrogens with two attached hydrogens (primary N) is 1. The molecule has 0 saturated heterocycles. The number of aryl methyl sites for hydroxylation is 1. The van der Waals surface area contributed by atoms with E-state index in [4.69, 9.17) is 5.73 Å². The Balaban J connectivity index is 2.20. The summed E-state index contributed by atoms with van der Waals surface area (Å²) in [7, 11) is 0. The van der Waals surface area contributed by atoms with Gasteiger partial charge in [0.05, 0.1) is 0 Å². The lowest BCUT2D eigenvalue weighted by atomic mass is 10.1. The van der Waals surface area contributed by atoms with E-state index in [0.29, 0.717) is 12.1 Å². The molecule has 0 radical (unpaired) electrons. The number of hydrogen-bond acceptors (Lipinski definition) is 2. The highest BCUT2D eigenvalue weighted by Crippen LogP contribution is 2.35. The number of hydrogen-bond donors (Lipinski definition) is 1. The van der Waals surface area contributed by atoms with Crippen LogP contribution in [0.2, 0.25) is 0 Å². The van der Waals surface area contributed by atoms with Crippen LogP contribution in [-0.4, -0.2) is 6.54 Å². The first-order valence-electron chi connectivity index (χ1n) is 5.88. The zero-order valence-electron chi connectivity index (χ0n) is 10.3. The van der Waals surface area contributed by atoms with Crippen molar-refractivity contribution in [2.45, 2.75) is 17.1 Å². The fourth-order valence-electron chi connectivity index (χ4n) is 1.76. The van der Waals surface area contributed by atoms with E-state index in [0.717, 1.165) is 4.90 Å². The van der Waals surface area contributed by atoms with E-state index in [1.807, 2.05) is 25.1 Å². The fraction of sp³-hybridized carbons (Fsp3) is 0.200. The van der Waals surface area contributed by atoms with Gasteiger partial charge in [-0.25, -0.2) is 4.39 Å². The van der Waals surface area contributed by atoms with Gasteiger partial charge < -0.3 is 5.73 Å². The van der Waals surface area contributed by atoms with Crippen molar-refractivity contribution in [3.8, 4) is 0 Å². The second-order valence-corrected chi connectivity index (χ2v) is 5.45. The quantitative estimate of drug-likeness (QED) is 0.844. The van der Waals surface area contributed by atoms with Crippen molar-refractivity contribution in [2.75, 3.05) is 6.54 Å². The third-order valence-corrected chi connectivity index (χ3v) is 4.04. The lowest BCUT2D eigenvalue weighted by molar-refractivity contribution is 0.608. The SMILES string of the molecule is Cc1ccc(SC(CN)c2ccccc2F)cc1. The molecule has 1 atom stereocenters. The predicted molar refractivity (Wildman–Crippen MR) is 75.2 cm³/mol. The summed E-state index contributed by atoms with van der Waals surface area (Å²) in [5.74, 6) is -0.187. The summed E-state index contributed by atoms with van der Waals surface area (Å²) < 4.78 is 13.7. The van der Waals surface area contributed by atoms with Gasteiger partial charge >= 0.3 is 0 Å². The highest BCUT2D eigenvalue weighted by atomic mass is 32.2. The first-order chi connectivity index (χ1) is 8.70. The highest BCUT2D eigenvalue weighted by Gasteiger charge is 2.15. The van der Waals surface area contributed by atoms with Gasteiger partial charge in [0.25, 0.3) is 0 Å². The van der Waals surface area contributed by atoms with Crippen LogP contribution in [0.15, 0.2) is 53.4 Å². The van der Waals surface area contributed by atoms with Crippen molar-refractivity contribution in [1.29, 1.82) is 0 Å². The topological polar surface area (TPSA) is 26.0 Å². The monoisotopic (exact) mass is 261 g/mol. The van der Waals surface area contributed by atoms with E-state index in [1.54, 1.807) is 23.9 Å². The summed E-state index contributed by atoms with van der Waals surface area (Å²) >= 11 is 1.60. The molecular formula is C15H16FNS. The Morgan fingerprint density at radius 2 is 1.78 bits per heavy atom. The summed E-state index contributed by atoms with van der Waals surface area (Å²) in [6.07, 6.45) is 0. The van der Waals surface area contributed by atoms with Gasteiger partial charge in [-0.15, -0.1) is 11.8 Å². The fourth-order valence-corrected chi connectivity index (χ4v) is 2.79. The maximum Gasteiger partial charge on any atom is 0.127 e. The van der Waals surface area contributed by atoms with Crippen LogP contribution in [0.4, 0.5) is 4.39 Å². The molecule has 0 aliphatic heterocycles. The van der Waals surface area contributed by atoms with E-state index in [-0.39, 0.29) is 11.1 Å². The molecule has 94 valence electrons. The van der Waals surface area contributed by atoms with Gasteiger partial charge in [-0.3, -0.25) is 0 Å². The largest absolute Gasteiger partial charge is 0.329 e. The van der Waals surface area contributed by atoms with Gasteiger partial charge in [0.2, 0.25) is 0 Å². The van der Waals surface area contributed by atoms with Gasteiger partial charge in [-0.05, 0) is 25.1 Å². The molecule has 1 unspecified atom stereocenters. The molecular weight excluding hydrogens is 245 g/mol. The Morgan fingerprint density at radius 3 is 2.39 bits per heavy atom. The molecule has 1 nitrogen and oxygen atoms in total. The van der Waals surface area contributed by atoms with Crippen molar-refractivity contribution >= 4 is 11.8 Å². The Kier molecular flexibility index (Phi) is 4.39. The molecule has 0 bridgehead atoms. The summed E-state index contributed by atoms with van der Waals surface area (Å²) in [5.41, 5.74) is 7.65. The van der Waals surface area contributed by atoms with Crippen LogP contribution >= 0.6 is 11.8 Å². The van der Waals surface area contributed by atoms with Crippen LogP contribution in [0.3, 0.4) is 0 Å². The Labute approximate surface area is 111 Å². The molecule has 0 saturated carbocycles. The van der Waals surface area contributed by atoms with Crippen LogP contribution in [0.5, 0.6) is 0 Å². The minimum atomic E-state index is -0.187. The van der Waals surface area contributed by atoms with Gasteiger partial charge in [0.15, 0.2) is 0 Å². The molecule has 0 amide bonds. The molecule has 2 rings (SSSR count). The lowest BCUT2D eigenvalue weighted by Crippen LogP contribution is -2.10. The molecule has 3 heteroatoms. The van der Waals surface area contributed by atoms with Crippen molar-refractivity contribution in [3.05, 3.63) is 65.5 Å². The van der Waals surface area contributed by atoms with Crippen molar-refractivity contribution in [3.63, 3.8) is 0 Å². The van der Waals surface area contributed by atoms with E-state index in [9.17, 15) is 4.39 Å². The van der Waals surface area contributed by atoms with Gasteiger partial charge in [-0.2, -0.15) is 0 Å². The Bertz CT molecular complexity index is 510. The molecule has 0 aromatic heterocycles. The number of halogens is 1. The van der Waals surface area contributed by atoms with E-state index >= 15 is 0 Å². The molecule has 0 fully saturated rings. The Hall–Kier alpha value is -1.32. The summed E-state index contributed by atoms with van der Waals surface area (Å²) in [5, 5.41) is -0.0473. The van der Waals surface area contributed by atoms with Crippen LogP contribution in [0, 0.1) is 12.7 Å². The zero-order valence-corrected chi connectivity index (χ0v) is 11.1. The highest BCUT2D eigenvalue weighted by molar-refractivity contribution is 7.99. The summed E-state index contributed by atoms with van der Waals surface area (Å²) in [6.45, 7) is 2.46. The van der Waals surface area contributed by atoms with Gasteiger partial charge in [0.1, 0.15) is 5.82 Å². The first kappa shape index (κ1) is 13.1. The van der Waals surface area contributed by atoms with Gasteiger partial charge in [-0.1, -0.05) is 35.9 Å². The number of rotatable bonds is 4. The number of thioether (sulfide) groups is 1. The van der Waals surface area contributed by atoms with Crippen LogP contribution in [0.25, 0.3) is 0 Å². The maximum atomic E-state index is 13.7. The smallest absolute Gasteiger partial charge is 0.127 e. The van der Waals surface area contributed by atoms with Crippen molar-refractivity contribution in [2.24, 2.45) is 5.73 Å². The van der Waals surface area contributed by atoms with Crippen LogP contribution < -0.4 is 5.73 Å². The van der Waals surface area contributed by atoms with E-state index in [1.165, 1.54) is 11.6 Å². The van der Waals surface area contributed by atoms with Crippen LogP contribution in [-0.2, 0) is 0 Å². The average Bonchev–Trinajstić information content (AvgIpc) is 2.39. The maximum absolute atomic E-state index is 13.7. The minimum Gasteiger partial charge on any atom is -0.329 e. The molecule has 0 spiro atoms. The van der Waals surface area contributed by atoms with E-state index < -0.39 is 0 Å². The molecule has 2 aromatic rings.